The van der Waals surface area contributed by atoms with Crippen molar-refractivity contribution < 1.29 is 0 Å². The van der Waals surface area contributed by atoms with Gasteiger partial charge in [0, 0.05) is 16.9 Å². The Morgan fingerprint density at radius 3 is 1.90 bits per heavy atom. The zero-order chi connectivity index (χ0) is 14.8. The van der Waals surface area contributed by atoms with Crippen LogP contribution in [-0.2, 0) is 0 Å². The van der Waals surface area contributed by atoms with E-state index >= 15 is 0 Å². The second kappa shape index (κ2) is 5.84. The van der Waals surface area contributed by atoms with Gasteiger partial charge in [-0.1, -0.05) is 49.5 Å². The van der Waals surface area contributed by atoms with Crippen molar-refractivity contribution in [1.82, 2.24) is 0 Å². The first-order chi connectivity index (χ1) is 9.41. The Morgan fingerprint density at radius 2 is 1.35 bits per heavy atom. The molecule has 0 saturated heterocycles. The maximum Gasteiger partial charge on any atom is 0.0674 e. The number of hydrogen-bond acceptors (Lipinski definition) is 1. The van der Waals surface area contributed by atoms with Gasteiger partial charge < -0.3 is 4.90 Å². The smallest absolute Gasteiger partial charge is 0.0674 e. The highest BCUT2D eigenvalue weighted by atomic mass is 28.3. The molecule has 0 fully saturated rings. The lowest BCUT2D eigenvalue weighted by Gasteiger charge is -2.39. The molecule has 0 aliphatic rings. The van der Waals surface area contributed by atoms with Crippen molar-refractivity contribution in [3.63, 3.8) is 0 Å². The van der Waals surface area contributed by atoms with Gasteiger partial charge in [-0.15, -0.1) is 0 Å². The number of nitrogens with zero attached hydrogens (tertiary/aromatic N) is 1. The molecule has 2 heteroatoms. The molecule has 0 heterocycles. The van der Waals surface area contributed by atoms with E-state index in [9.17, 15) is 0 Å². The number of para-hydroxylation sites is 2. The highest BCUT2D eigenvalue weighted by molar-refractivity contribution is 6.72. The average molecular weight is 283 g/mol. The summed E-state index contributed by atoms with van der Waals surface area (Å²) in [6.07, 6.45) is 0. The molecule has 0 saturated carbocycles. The molecule has 0 bridgehead atoms. The lowest BCUT2D eigenvalue weighted by molar-refractivity contribution is 0.561. The zero-order valence-corrected chi connectivity index (χ0v) is 14.4. The Morgan fingerprint density at radius 1 is 0.800 bits per heavy atom. The van der Waals surface area contributed by atoms with Gasteiger partial charge in [0.05, 0.1) is 8.80 Å². The number of anilines is 2. The molecule has 20 heavy (non-hydrogen) atoms. The van der Waals surface area contributed by atoms with Gasteiger partial charge in [0.2, 0.25) is 0 Å². The Hall–Kier alpha value is -1.54. The van der Waals surface area contributed by atoms with Crippen LogP contribution in [0.25, 0.3) is 0 Å². The Balaban J connectivity index is 2.60. The lowest BCUT2D eigenvalue weighted by Crippen LogP contribution is -2.42. The van der Waals surface area contributed by atoms with Crippen molar-refractivity contribution in [3.05, 3.63) is 54.6 Å². The van der Waals surface area contributed by atoms with E-state index in [0.717, 1.165) is 0 Å². The molecule has 0 radical (unpaired) electrons. The summed E-state index contributed by atoms with van der Waals surface area (Å²) in [6.45, 7) is 11.6. The second-order valence-corrected chi connectivity index (χ2v) is 9.49. The minimum absolute atomic E-state index is 0.0563. The third-order valence-electron chi connectivity index (χ3n) is 3.48. The van der Waals surface area contributed by atoms with Crippen molar-refractivity contribution in [1.29, 1.82) is 0 Å². The molecule has 0 aliphatic heterocycles. The van der Waals surface area contributed by atoms with Crippen LogP contribution in [0.4, 0.5) is 11.4 Å². The fourth-order valence-corrected chi connectivity index (χ4v) is 3.96. The number of rotatable bonds is 3. The van der Waals surface area contributed by atoms with Crippen molar-refractivity contribution in [2.45, 2.75) is 39.4 Å². The summed E-state index contributed by atoms with van der Waals surface area (Å²) in [5, 5.41) is 1.53. The van der Waals surface area contributed by atoms with Crippen LogP contribution in [0.3, 0.4) is 0 Å². The summed E-state index contributed by atoms with van der Waals surface area (Å²) < 4.78 is 0. The molecule has 2 aromatic rings. The number of hydrogen-bond donors (Lipinski definition) is 0. The van der Waals surface area contributed by atoms with Crippen molar-refractivity contribution in [2.75, 3.05) is 4.90 Å². The first kappa shape index (κ1) is 14.9. The molecular weight excluding hydrogens is 258 g/mol. The van der Waals surface area contributed by atoms with Crippen LogP contribution in [0.5, 0.6) is 0 Å². The largest absolute Gasteiger partial charge is 0.336 e. The van der Waals surface area contributed by atoms with E-state index < -0.39 is 8.80 Å². The highest BCUT2D eigenvalue weighted by Crippen LogP contribution is 2.32. The van der Waals surface area contributed by atoms with E-state index in [1.165, 1.54) is 16.6 Å². The molecule has 0 aliphatic carbocycles. The predicted octanol–water partition coefficient (Wildman–Crippen LogP) is 4.32. The van der Waals surface area contributed by atoms with Crippen LogP contribution in [0.2, 0.25) is 13.1 Å². The van der Waals surface area contributed by atoms with Gasteiger partial charge in [0.1, 0.15) is 0 Å². The standard InChI is InChI=1S/C18H25NSi/c1-18(2,3)19(15-11-7-6-8-12-15)16-13-9-10-14-17(16)20(4)5/h6-14,20H,1-5H3. The lowest BCUT2D eigenvalue weighted by atomic mass is 10.0. The minimum atomic E-state index is -0.861. The van der Waals surface area contributed by atoms with Gasteiger partial charge in [-0.25, -0.2) is 0 Å². The van der Waals surface area contributed by atoms with Crippen LogP contribution in [-0.4, -0.2) is 14.3 Å². The first-order valence-corrected chi connectivity index (χ1v) is 10.2. The van der Waals surface area contributed by atoms with Crippen LogP contribution in [0.1, 0.15) is 20.8 Å². The molecule has 2 aromatic carbocycles. The summed E-state index contributed by atoms with van der Waals surface area (Å²) >= 11 is 0. The molecule has 0 atom stereocenters. The maximum atomic E-state index is 2.47. The SMILES string of the molecule is C[SiH](C)c1ccccc1N(c1ccccc1)C(C)(C)C. The third-order valence-corrected chi connectivity index (χ3v) is 5.22. The highest BCUT2D eigenvalue weighted by Gasteiger charge is 2.25. The van der Waals surface area contributed by atoms with Crippen LogP contribution in [0, 0.1) is 0 Å². The van der Waals surface area contributed by atoms with Crippen molar-refractivity contribution >= 4 is 25.4 Å². The number of benzene rings is 2. The summed E-state index contributed by atoms with van der Waals surface area (Å²) in [4.78, 5) is 2.47. The predicted molar refractivity (Wildman–Crippen MR) is 93.3 cm³/mol. The van der Waals surface area contributed by atoms with E-state index in [-0.39, 0.29) is 5.54 Å². The Labute approximate surface area is 124 Å². The summed E-state index contributed by atoms with van der Waals surface area (Å²) in [5.74, 6) is 0. The van der Waals surface area contributed by atoms with Gasteiger partial charge in [-0.05, 0) is 44.2 Å². The third kappa shape index (κ3) is 3.13. The van der Waals surface area contributed by atoms with Gasteiger partial charge in [0.15, 0.2) is 0 Å². The topological polar surface area (TPSA) is 3.24 Å². The van der Waals surface area contributed by atoms with E-state index in [4.69, 9.17) is 0 Å². The van der Waals surface area contributed by atoms with E-state index in [0.29, 0.717) is 0 Å². The molecular formula is C18H25NSi. The first-order valence-electron chi connectivity index (χ1n) is 7.35. The average Bonchev–Trinajstić information content (AvgIpc) is 2.39. The molecule has 1 nitrogen and oxygen atoms in total. The minimum Gasteiger partial charge on any atom is -0.336 e. The molecule has 0 amide bonds. The van der Waals surface area contributed by atoms with Crippen LogP contribution >= 0.6 is 0 Å². The van der Waals surface area contributed by atoms with Gasteiger partial charge >= 0.3 is 0 Å². The van der Waals surface area contributed by atoms with Gasteiger partial charge in [0.25, 0.3) is 0 Å². The molecule has 2 rings (SSSR count). The van der Waals surface area contributed by atoms with Crippen LogP contribution in [0.15, 0.2) is 54.6 Å². The summed E-state index contributed by atoms with van der Waals surface area (Å²) in [7, 11) is -0.861. The Bertz CT molecular complexity index is 555. The molecule has 0 unspecified atom stereocenters. The van der Waals surface area contributed by atoms with E-state index in [1.807, 2.05) is 0 Å². The van der Waals surface area contributed by atoms with E-state index in [2.05, 4.69) is 93.4 Å². The molecule has 0 N–H and O–H groups in total. The van der Waals surface area contributed by atoms with Crippen molar-refractivity contribution in [3.8, 4) is 0 Å². The monoisotopic (exact) mass is 283 g/mol. The summed E-state index contributed by atoms with van der Waals surface area (Å²) in [6, 6.07) is 19.6. The summed E-state index contributed by atoms with van der Waals surface area (Å²) in [5.41, 5.74) is 2.69. The second-order valence-electron chi connectivity index (χ2n) is 6.56. The van der Waals surface area contributed by atoms with E-state index in [1.54, 1.807) is 0 Å². The van der Waals surface area contributed by atoms with Crippen molar-refractivity contribution in [2.24, 2.45) is 0 Å². The normalized spacial score (nSPS) is 11.7. The quantitative estimate of drug-likeness (QED) is 0.758. The molecule has 0 aromatic heterocycles. The van der Waals surface area contributed by atoms with Gasteiger partial charge in [-0.3, -0.25) is 0 Å². The molecule has 106 valence electrons. The Kier molecular flexibility index (Phi) is 4.34. The molecule has 0 spiro atoms. The maximum absolute atomic E-state index is 2.47. The fourth-order valence-electron chi connectivity index (χ4n) is 2.64. The van der Waals surface area contributed by atoms with Crippen LogP contribution < -0.4 is 10.1 Å². The zero-order valence-electron chi connectivity index (χ0n) is 13.2. The fraction of sp³-hybridized carbons (Fsp3) is 0.333. The van der Waals surface area contributed by atoms with Gasteiger partial charge in [-0.2, -0.15) is 0 Å².